The Kier molecular flexibility index (Phi) is 4.16. The first-order valence-corrected chi connectivity index (χ1v) is 6.12. The maximum absolute atomic E-state index is 13.7. The summed E-state index contributed by atoms with van der Waals surface area (Å²) in [6.07, 6.45) is 4.55. The molecule has 0 aliphatic heterocycles. The lowest BCUT2D eigenvalue weighted by atomic mass is 10.0. The van der Waals surface area contributed by atoms with Crippen molar-refractivity contribution in [1.29, 1.82) is 0 Å². The van der Waals surface area contributed by atoms with Crippen LogP contribution in [0.3, 0.4) is 0 Å². The molecule has 0 aliphatic rings. The number of hydrogen-bond donors (Lipinski definition) is 1. The number of nitrogens with zero attached hydrogens (tertiary/aromatic N) is 2. The highest BCUT2D eigenvalue weighted by Crippen LogP contribution is 2.23. The van der Waals surface area contributed by atoms with Gasteiger partial charge in [0, 0.05) is 19.3 Å². The van der Waals surface area contributed by atoms with Gasteiger partial charge in [0.2, 0.25) is 0 Å². The maximum Gasteiger partial charge on any atom is 0.165 e. The monoisotopic (exact) mass is 263 g/mol. The Morgan fingerprint density at radius 3 is 2.79 bits per heavy atom. The molecule has 0 saturated heterocycles. The predicted molar refractivity (Wildman–Crippen MR) is 71.7 cm³/mol. The van der Waals surface area contributed by atoms with E-state index in [1.807, 2.05) is 32.6 Å². The van der Waals surface area contributed by atoms with E-state index in [4.69, 9.17) is 4.74 Å². The fourth-order valence-corrected chi connectivity index (χ4v) is 2.10. The van der Waals surface area contributed by atoms with Crippen molar-refractivity contribution in [2.45, 2.75) is 12.5 Å². The van der Waals surface area contributed by atoms with Gasteiger partial charge in [0.15, 0.2) is 11.6 Å². The SMILES string of the molecule is CNC(Cc1cnn(C)c1)c1ccc(OC)c(F)c1. The van der Waals surface area contributed by atoms with Gasteiger partial charge in [0.05, 0.1) is 13.3 Å². The molecule has 0 radical (unpaired) electrons. The van der Waals surface area contributed by atoms with Gasteiger partial charge >= 0.3 is 0 Å². The molecule has 0 saturated carbocycles. The van der Waals surface area contributed by atoms with Crippen LogP contribution in [0.1, 0.15) is 17.2 Å². The van der Waals surface area contributed by atoms with E-state index < -0.39 is 0 Å². The van der Waals surface area contributed by atoms with Crippen molar-refractivity contribution in [3.8, 4) is 5.75 Å². The lowest BCUT2D eigenvalue weighted by molar-refractivity contribution is 0.385. The maximum atomic E-state index is 13.7. The van der Waals surface area contributed by atoms with Crippen LogP contribution in [0, 0.1) is 5.82 Å². The fourth-order valence-electron chi connectivity index (χ4n) is 2.10. The molecule has 19 heavy (non-hydrogen) atoms. The van der Waals surface area contributed by atoms with Crippen LogP contribution in [0.15, 0.2) is 30.6 Å². The molecule has 2 aromatic rings. The highest BCUT2D eigenvalue weighted by Gasteiger charge is 2.13. The van der Waals surface area contributed by atoms with Crippen molar-refractivity contribution in [2.24, 2.45) is 7.05 Å². The zero-order valence-corrected chi connectivity index (χ0v) is 11.4. The molecule has 1 heterocycles. The van der Waals surface area contributed by atoms with Crippen molar-refractivity contribution >= 4 is 0 Å². The Labute approximate surface area is 112 Å². The summed E-state index contributed by atoms with van der Waals surface area (Å²) in [5, 5.41) is 7.33. The third-order valence-corrected chi connectivity index (χ3v) is 3.12. The average molecular weight is 263 g/mol. The largest absolute Gasteiger partial charge is 0.494 e. The molecule has 0 bridgehead atoms. The molecule has 1 N–H and O–H groups in total. The lowest BCUT2D eigenvalue weighted by Crippen LogP contribution is -2.18. The Hall–Kier alpha value is -1.88. The highest BCUT2D eigenvalue weighted by atomic mass is 19.1. The standard InChI is InChI=1S/C14H18FN3O/c1-16-13(6-10-8-17-18(2)9-10)11-4-5-14(19-3)12(15)7-11/h4-5,7-9,13,16H,6H2,1-3H3. The number of benzene rings is 1. The van der Waals surface area contributed by atoms with Crippen LogP contribution < -0.4 is 10.1 Å². The van der Waals surface area contributed by atoms with Gasteiger partial charge in [0.1, 0.15) is 0 Å². The van der Waals surface area contributed by atoms with Gasteiger partial charge in [-0.15, -0.1) is 0 Å². The van der Waals surface area contributed by atoms with Gasteiger partial charge < -0.3 is 10.1 Å². The molecule has 4 nitrogen and oxygen atoms in total. The summed E-state index contributed by atoms with van der Waals surface area (Å²) in [6, 6.07) is 5.08. The molecule has 1 aromatic heterocycles. The normalized spacial score (nSPS) is 12.4. The predicted octanol–water partition coefficient (Wildman–Crippen LogP) is 2.07. The summed E-state index contributed by atoms with van der Waals surface area (Å²) < 4.78 is 20.4. The molecule has 5 heteroatoms. The van der Waals surface area contributed by atoms with E-state index in [1.54, 1.807) is 10.7 Å². The second-order valence-corrected chi connectivity index (χ2v) is 4.46. The molecule has 1 unspecified atom stereocenters. The van der Waals surface area contributed by atoms with Gasteiger partial charge in [-0.25, -0.2) is 4.39 Å². The molecule has 102 valence electrons. The van der Waals surface area contributed by atoms with Gasteiger partial charge in [0.25, 0.3) is 0 Å². The molecular formula is C14H18FN3O. The summed E-state index contributed by atoms with van der Waals surface area (Å²) in [7, 11) is 5.21. The van der Waals surface area contributed by atoms with Crippen LogP contribution in [0.4, 0.5) is 4.39 Å². The summed E-state index contributed by atoms with van der Waals surface area (Å²) in [4.78, 5) is 0. The van der Waals surface area contributed by atoms with E-state index in [0.717, 1.165) is 17.5 Å². The van der Waals surface area contributed by atoms with E-state index in [0.29, 0.717) is 0 Å². The van der Waals surface area contributed by atoms with Crippen LogP contribution >= 0.6 is 0 Å². The molecule has 0 amide bonds. The molecule has 1 aromatic carbocycles. The fraction of sp³-hybridized carbons (Fsp3) is 0.357. The number of hydrogen-bond acceptors (Lipinski definition) is 3. The summed E-state index contributed by atoms with van der Waals surface area (Å²) in [6.45, 7) is 0. The Balaban J connectivity index is 2.19. The number of aromatic nitrogens is 2. The first kappa shape index (κ1) is 13.5. The average Bonchev–Trinajstić information content (AvgIpc) is 2.81. The summed E-state index contributed by atoms with van der Waals surface area (Å²) in [5.74, 6) is -0.0774. The number of nitrogens with one attached hydrogen (secondary N) is 1. The van der Waals surface area contributed by atoms with Crippen LogP contribution in [-0.2, 0) is 13.5 Å². The number of methoxy groups -OCH3 is 1. The number of likely N-dealkylation sites (N-methyl/N-ethyl adjacent to an activating group) is 1. The lowest BCUT2D eigenvalue weighted by Gasteiger charge is -2.16. The Bertz CT molecular complexity index is 553. The molecule has 0 fully saturated rings. The van der Waals surface area contributed by atoms with E-state index in [9.17, 15) is 4.39 Å². The van der Waals surface area contributed by atoms with Crippen molar-refractivity contribution in [3.63, 3.8) is 0 Å². The zero-order valence-electron chi connectivity index (χ0n) is 11.4. The quantitative estimate of drug-likeness (QED) is 0.897. The van der Waals surface area contributed by atoms with E-state index in [1.165, 1.54) is 13.2 Å². The Morgan fingerprint density at radius 1 is 1.47 bits per heavy atom. The minimum Gasteiger partial charge on any atom is -0.494 e. The van der Waals surface area contributed by atoms with Crippen LogP contribution in [-0.4, -0.2) is 23.9 Å². The van der Waals surface area contributed by atoms with Gasteiger partial charge in [-0.2, -0.15) is 5.10 Å². The van der Waals surface area contributed by atoms with Crippen LogP contribution in [0.2, 0.25) is 0 Å². The number of rotatable bonds is 5. The summed E-state index contributed by atoms with van der Waals surface area (Å²) >= 11 is 0. The second kappa shape index (κ2) is 5.84. The van der Waals surface area contributed by atoms with E-state index >= 15 is 0 Å². The number of ether oxygens (including phenoxy) is 1. The smallest absolute Gasteiger partial charge is 0.165 e. The van der Waals surface area contributed by atoms with E-state index in [-0.39, 0.29) is 17.6 Å². The zero-order chi connectivity index (χ0) is 13.8. The van der Waals surface area contributed by atoms with Gasteiger partial charge in [-0.3, -0.25) is 4.68 Å². The first-order valence-electron chi connectivity index (χ1n) is 6.12. The first-order chi connectivity index (χ1) is 9.13. The third-order valence-electron chi connectivity index (χ3n) is 3.12. The third kappa shape index (κ3) is 3.12. The van der Waals surface area contributed by atoms with E-state index in [2.05, 4.69) is 10.4 Å². The minimum absolute atomic E-state index is 0.0459. The molecule has 1 atom stereocenters. The van der Waals surface area contributed by atoms with Crippen molar-refractivity contribution in [1.82, 2.24) is 15.1 Å². The highest BCUT2D eigenvalue weighted by molar-refractivity contribution is 5.31. The van der Waals surface area contributed by atoms with Crippen LogP contribution in [0.5, 0.6) is 5.75 Å². The molecule has 0 spiro atoms. The topological polar surface area (TPSA) is 39.1 Å². The second-order valence-electron chi connectivity index (χ2n) is 4.46. The molecule has 0 aliphatic carbocycles. The molecular weight excluding hydrogens is 245 g/mol. The van der Waals surface area contributed by atoms with Crippen molar-refractivity contribution < 1.29 is 9.13 Å². The van der Waals surface area contributed by atoms with Gasteiger partial charge in [-0.05, 0) is 36.7 Å². The van der Waals surface area contributed by atoms with Crippen LogP contribution in [0.25, 0.3) is 0 Å². The minimum atomic E-state index is -0.341. The van der Waals surface area contributed by atoms with Crippen molar-refractivity contribution in [2.75, 3.05) is 14.2 Å². The van der Waals surface area contributed by atoms with Gasteiger partial charge in [-0.1, -0.05) is 6.07 Å². The number of aryl methyl sites for hydroxylation is 1. The number of halogens is 1. The Morgan fingerprint density at radius 2 is 2.26 bits per heavy atom. The molecule has 2 rings (SSSR count). The summed E-state index contributed by atoms with van der Waals surface area (Å²) in [5.41, 5.74) is 2.00. The van der Waals surface area contributed by atoms with Crippen molar-refractivity contribution in [3.05, 3.63) is 47.5 Å².